The summed E-state index contributed by atoms with van der Waals surface area (Å²) in [5, 5.41) is 7.90. The molecule has 9 heteroatoms. The van der Waals surface area contributed by atoms with Gasteiger partial charge in [0.1, 0.15) is 11.5 Å². The fourth-order valence-electron chi connectivity index (χ4n) is 4.50. The second kappa shape index (κ2) is 11.7. The number of carbonyl (C=O) groups excluding carboxylic acids is 1. The maximum absolute atomic E-state index is 13.7. The number of nitrogens with zero attached hydrogens (tertiary/aromatic N) is 4. The van der Waals surface area contributed by atoms with Crippen LogP contribution in [0.15, 0.2) is 83.4 Å². The highest BCUT2D eigenvalue weighted by Gasteiger charge is 2.28. The van der Waals surface area contributed by atoms with Crippen LogP contribution in [-0.2, 0) is 13.1 Å². The van der Waals surface area contributed by atoms with E-state index < -0.39 is 0 Å². The average Bonchev–Trinajstić information content (AvgIpc) is 3.33. The van der Waals surface area contributed by atoms with Gasteiger partial charge in [-0.3, -0.25) is 0 Å². The van der Waals surface area contributed by atoms with Gasteiger partial charge in [0.25, 0.3) is 0 Å². The molecule has 7 nitrogen and oxygen atoms in total. The molecule has 0 saturated carbocycles. The molecule has 1 aromatic heterocycles. The van der Waals surface area contributed by atoms with Crippen LogP contribution in [0.2, 0.25) is 5.02 Å². The Labute approximate surface area is 226 Å². The van der Waals surface area contributed by atoms with Crippen LogP contribution in [-0.4, -0.2) is 54.2 Å². The first-order valence-corrected chi connectivity index (χ1v) is 12.9. The number of anilines is 2. The van der Waals surface area contributed by atoms with E-state index in [0.717, 1.165) is 42.9 Å². The minimum Gasteiger partial charge on any atom is -0.338 e. The zero-order valence-corrected chi connectivity index (χ0v) is 21.9. The number of aromatic nitrogens is 1. The van der Waals surface area contributed by atoms with Crippen LogP contribution in [0, 0.1) is 5.82 Å². The number of carbonyl (C=O) groups is 1. The Morgan fingerprint density at radius 1 is 1.00 bits per heavy atom. The van der Waals surface area contributed by atoms with Gasteiger partial charge < -0.3 is 24.5 Å². The van der Waals surface area contributed by atoms with Gasteiger partial charge in [-0.15, -0.1) is 0 Å². The maximum atomic E-state index is 13.7. The minimum absolute atomic E-state index is 0.235. The first kappa shape index (κ1) is 25.8. The topological polar surface area (TPSA) is 64.9 Å². The minimum atomic E-state index is -0.329. The van der Waals surface area contributed by atoms with E-state index in [1.54, 1.807) is 41.3 Å². The molecule has 3 aromatic carbocycles. The molecule has 0 radical (unpaired) electrons. The van der Waals surface area contributed by atoms with Crippen molar-refractivity contribution in [1.29, 1.82) is 0 Å². The van der Waals surface area contributed by atoms with Gasteiger partial charge in [-0.2, -0.15) is 0 Å². The number of likely N-dealkylation sites (N-methyl/N-ethyl adjacent to an activating group) is 1. The summed E-state index contributed by atoms with van der Waals surface area (Å²) in [4.78, 5) is 19.8. The summed E-state index contributed by atoms with van der Waals surface area (Å²) in [5.74, 6) is 0.302. The van der Waals surface area contributed by atoms with E-state index in [0.29, 0.717) is 28.8 Å². The average molecular weight is 534 g/mol. The lowest BCUT2D eigenvalue weighted by atomic mass is 10.1. The van der Waals surface area contributed by atoms with Gasteiger partial charge in [-0.1, -0.05) is 53.2 Å². The third-order valence-electron chi connectivity index (χ3n) is 6.60. The molecule has 1 saturated heterocycles. The standard InChI is InChI=1S/C29H29ClFN5O2/c1-34-14-16-35(17-15-34)28-26(27(33-38-28)22-10-12-24(31)13-11-22)20-36(19-21-6-3-2-4-7-21)29(37)32-25-9-5-8-23(30)18-25/h2-13,18H,14-17,19-20H2,1H3,(H,32,37). The zero-order valence-electron chi connectivity index (χ0n) is 21.1. The van der Waals surface area contributed by atoms with E-state index in [1.807, 2.05) is 30.3 Å². The van der Waals surface area contributed by atoms with E-state index in [2.05, 4.69) is 27.3 Å². The van der Waals surface area contributed by atoms with Crippen LogP contribution in [0.4, 0.5) is 20.8 Å². The Kier molecular flexibility index (Phi) is 7.91. The van der Waals surface area contributed by atoms with E-state index in [4.69, 9.17) is 16.1 Å². The summed E-state index contributed by atoms with van der Waals surface area (Å²) < 4.78 is 19.6. The van der Waals surface area contributed by atoms with Gasteiger partial charge in [-0.05, 0) is 55.1 Å². The predicted octanol–water partition coefficient (Wildman–Crippen LogP) is 6.12. The van der Waals surface area contributed by atoms with Crippen LogP contribution in [0.25, 0.3) is 11.3 Å². The van der Waals surface area contributed by atoms with Crippen molar-refractivity contribution in [3.05, 3.63) is 101 Å². The van der Waals surface area contributed by atoms with Gasteiger partial charge >= 0.3 is 6.03 Å². The second-order valence-electron chi connectivity index (χ2n) is 9.39. The van der Waals surface area contributed by atoms with Crippen molar-refractivity contribution in [3.8, 4) is 11.3 Å². The van der Waals surface area contributed by atoms with Crippen LogP contribution >= 0.6 is 11.6 Å². The molecule has 2 heterocycles. The van der Waals surface area contributed by atoms with Gasteiger partial charge in [0.15, 0.2) is 0 Å². The summed E-state index contributed by atoms with van der Waals surface area (Å²) in [6.45, 7) is 3.91. The number of nitrogens with one attached hydrogen (secondary N) is 1. The Bertz CT molecular complexity index is 1370. The normalized spacial score (nSPS) is 13.9. The van der Waals surface area contributed by atoms with Crippen molar-refractivity contribution in [2.24, 2.45) is 0 Å². The summed E-state index contributed by atoms with van der Waals surface area (Å²) in [5.41, 5.74) is 3.67. The lowest BCUT2D eigenvalue weighted by molar-refractivity contribution is 0.206. The summed E-state index contributed by atoms with van der Waals surface area (Å²) in [6, 6.07) is 22.7. The molecule has 0 spiro atoms. The molecule has 5 rings (SSSR count). The number of rotatable bonds is 7. The van der Waals surface area contributed by atoms with Crippen molar-refractivity contribution in [3.63, 3.8) is 0 Å². The Balaban J connectivity index is 1.51. The number of piperazine rings is 1. The van der Waals surface area contributed by atoms with Crippen LogP contribution in [0.1, 0.15) is 11.1 Å². The van der Waals surface area contributed by atoms with E-state index in [-0.39, 0.29) is 18.4 Å². The van der Waals surface area contributed by atoms with E-state index in [1.165, 1.54) is 12.1 Å². The molecule has 0 aliphatic carbocycles. The molecule has 196 valence electrons. The highest BCUT2D eigenvalue weighted by atomic mass is 35.5. The lowest BCUT2D eigenvalue weighted by Crippen LogP contribution is -2.45. The van der Waals surface area contributed by atoms with Gasteiger partial charge in [0.05, 0.1) is 12.1 Å². The summed E-state index contributed by atoms with van der Waals surface area (Å²) in [6.07, 6.45) is 0. The molecule has 0 atom stereocenters. The fourth-order valence-corrected chi connectivity index (χ4v) is 4.69. The highest BCUT2D eigenvalue weighted by Crippen LogP contribution is 2.34. The maximum Gasteiger partial charge on any atom is 0.322 e. The van der Waals surface area contributed by atoms with Crippen molar-refractivity contribution < 1.29 is 13.7 Å². The van der Waals surface area contributed by atoms with Crippen LogP contribution < -0.4 is 10.2 Å². The number of amides is 2. The van der Waals surface area contributed by atoms with Crippen molar-refractivity contribution >= 4 is 29.2 Å². The first-order chi connectivity index (χ1) is 18.5. The van der Waals surface area contributed by atoms with E-state index >= 15 is 0 Å². The molecule has 2 amide bonds. The third-order valence-corrected chi connectivity index (χ3v) is 6.84. The monoisotopic (exact) mass is 533 g/mol. The van der Waals surface area contributed by atoms with Gasteiger partial charge in [-0.25, -0.2) is 9.18 Å². The first-order valence-electron chi connectivity index (χ1n) is 12.5. The molecule has 38 heavy (non-hydrogen) atoms. The number of hydrogen-bond acceptors (Lipinski definition) is 5. The number of benzene rings is 3. The van der Waals surface area contributed by atoms with Crippen molar-refractivity contribution in [2.45, 2.75) is 13.1 Å². The summed E-state index contributed by atoms with van der Waals surface area (Å²) in [7, 11) is 2.09. The van der Waals surface area contributed by atoms with Gasteiger partial charge in [0, 0.05) is 49.0 Å². The Morgan fingerprint density at radius 2 is 1.74 bits per heavy atom. The SMILES string of the molecule is CN1CCN(c2onc(-c3ccc(F)cc3)c2CN(Cc2ccccc2)C(=O)Nc2cccc(Cl)c2)CC1. The molecule has 1 aliphatic heterocycles. The quantitative estimate of drug-likeness (QED) is 0.310. The smallest absolute Gasteiger partial charge is 0.322 e. The molecular formula is C29H29ClFN5O2. The lowest BCUT2D eigenvalue weighted by Gasteiger charge is -2.33. The largest absolute Gasteiger partial charge is 0.338 e. The molecule has 0 bridgehead atoms. The molecule has 1 N–H and O–H groups in total. The van der Waals surface area contributed by atoms with Crippen LogP contribution in [0.5, 0.6) is 0 Å². The molecule has 0 unspecified atom stereocenters. The number of hydrogen-bond donors (Lipinski definition) is 1. The molecule has 1 fully saturated rings. The van der Waals surface area contributed by atoms with E-state index in [9.17, 15) is 9.18 Å². The summed E-state index contributed by atoms with van der Waals surface area (Å²) >= 11 is 6.15. The molecule has 4 aromatic rings. The predicted molar refractivity (Wildman–Crippen MR) is 148 cm³/mol. The highest BCUT2D eigenvalue weighted by molar-refractivity contribution is 6.30. The molecule has 1 aliphatic rings. The fraction of sp³-hybridized carbons (Fsp3) is 0.241. The second-order valence-corrected chi connectivity index (χ2v) is 9.83. The van der Waals surface area contributed by atoms with Crippen molar-refractivity contribution in [2.75, 3.05) is 43.4 Å². The zero-order chi connectivity index (χ0) is 26.5. The number of urea groups is 1. The van der Waals surface area contributed by atoms with Crippen molar-refractivity contribution in [1.82, 2.24) is 15.0 Å². The third kappa shape index (κ3) is 6.15. The van der Waals surface area contributed by atoms with Gasteiger partial charge in [0.2, 0.25) is 5.88 Å². The Morgan fingerprint density at radius 3 is 2.45 bits per heavy atom. The Hall–Kier alpha value is -3.88. The number of halogens is 2. The van der Waals surface area contributed by atoms with Crippen LogP contribution in [0.3, 0.4) is 0 Å². The molecular weight excluding hydrogens is 505 g/mol.